The molecule has 0 spiro atoms. The van der Waals surface area contributed by atoms with E-state index < -0.39 is 6.10 Å². The van der Waals surface area contributed by atoms with Crippen LogP contribution in [0.25, 0.3) is 0 Å². The van der Waals surface area contributed by atoms with Gasteiger partial charge >= 0.3 is 0 Å². The summed E-state index contributed by atoms with van der Waals surface area (Å²) in [5, 5.41) is 13.0. The van der Waals surface area contributed by atoms with Gasteiger partial charge in [-0.1, -0.05) is 20.8 Å². The zero-order valence-corrected chi connectivity index (χ0v) is 13.3. The summed E-state index contributed by atoms with van der Waals surface area (Å²) in [7, 11) is 0. The molecule has 0 heterocycles. The highest BCUT2D eigenvalue weighted by Gasteiger charge is 2.61. The Morgan fingerprint density at radius 3 is 2.63 bits per heavy atom. The number of hydrogen-bond donors (Lipinski definition) is 2. The summed E-state index contributed by atoms with van der Waals surface area (Å²) in [6.45, 7) is 6.97. The van der Waals surface area contributed by atoms with E-state index in [1.54, 1.807) is 11.8 Å². The molecule has 2 saturated carbocycles. The van der Waals surface area contributed by atoms with Crippen molar-refractivity contribution in [1.29, 1.82) is 0 Å². The molecule has 3 nitrogen and oxygen atoms in total. The van der Waals surface area contributed by atoms with E-state index in [4.69, 9.17) is 0 Å². The first-order chi connectivity index (χ1) is 8.83. The molecular formula is C15H27NO2S. The second kappa shape index (κ2) is 5.28. The summed E-state index contributed by atoms with van der Waals surface area (Å²) in [6, 6.07) is 0.234. The van der Waals surface area contributed by atoms with Gasteiger partial charge in [-0.25, -0.2) is 0 Å². The van der Waals surface area contributed by atoms with Gasteiger partial charge in [0.25, 0.3) is 0 Å². The van der Waals surface area contributed by atoms with E-state index in [2.05, 4.69) is 26.1 Å². The van der Waals surface area contributed by atoms with Crippen LogP contribution < -0.4 is 5.32 Å². The van der Waals surface area contributed by atoms with Crippen molar-refractivity contribution >= 4 is 17.7 Å². The van der Waals surface area contributed by atoms with E-state index in [1.807, 2.05) is 6.26 Å². The van der Waals surface area contributed by atoms with Crippen molar-refractivity contribution in [2.75, 3.05) is 12.0 Å². The molecule has 2 rings (SSSR count). The van der Waals surface area contributed by atoms with E-state index in [0.29, 0.717) is 17.8 Å². The number of aliphatic hydroxyl groups excluding tert-OH is 1. The van der Waals surface area contributed by atoms with Crippen LogP contribution in [0.2, 0.25) is 0 Å². The van der Waals surface area contributed by atoms with Crippen LogP contribution in [0.3, 0.4) is 0 Å². The smallest absolute Gasteiger partial charge is 0.249 e. The Bertz CT molecular complexity index is 358. The number of carbonyl (C=O) groups is 1. The Morgan fingerprint density at radius 1 is 1.47 bits per heavy atom. The molecule has 110 valence electrons. The normalized spacial score (nSPS) is 37.3. The third kappa shape index (κ3) is 2.42. The molecule has 0 saturated heterocycles. The molecular weight excluding hydrogens is 258 g/mol. The summed E-state index contributed by atoms with van der Waals surface area (Å²) < 4.78 is 0. The molecule has 4 atom stereocenters. The van der Waals surface area contributed by atoms with Gasteiger partial charge in [-0.15, -0.1) is 0 Å². The highest BCUT2D eigenvalue weighted by molar-refractivity contribution is 7.98. The lowest BCUT2D eigenvalue weighted by molar-refractivity contribution is -0.131. The van der Waals surface area contributed by atoms with Crippen molar-refractivity contribution in [2.45, 2.75) is 58.6 Å². The number of hydrogen-bond acceptors (Lipinski definition) is 3. The molecule has 0 aromatic carbocycles. The van der Waals surface area contributed by atoms with E-state index in [1.165, 1.54) is 12.8 Å². The number of rotatable bonds is 5. The maximum atomic E-state index is 12.1. The molecule has 2 fully saturated rings. The van der Waals surface area contributed by atoms with Crippen LogP contribution >= 0.6 is 11.8 Å². The van der Waals surface area contributed by atoms with Gasteiger partial charge in [0.15, 0.2) is 0 Å². The molecule has 0 aliphatic heterocycles. The fraction of sp³-hybridized carbons (Fsp3) is 0.933. The lowest BCUT2D eigenvalue weighted by atomic mass is 9.69. The first-order valence-corrected chi connectivity index (χ1v) is 8.69. The van der Waals surface area contributed by atoms with Crippen LogP contribution in [-0.4, -0.2) is 35.2 Å². The number of carbonyl (C=O) groups excluding carboxylic acids is 1. The molecule has 1 amide bonds. The molecule has 2 aliphatic carbocycles. The third-order valence-electron chi connectivity index (χ3n) is 6.01. The highest BCUT2D eigenvalue weighted by Crippen LogP contribution is 2.65. The number of thioether (sulfide) groups is 1. The second-order valence-corrected chi connectivity index (χ2v) is 7.95. The first-order valence-electron chi connectivity index (χ1n) is 7.30. The molecule has 2 N–H and O–H groups in total. The van der Waals surface area contributed by atoms with Crippen molar-refractivity contribution in [3.8, 4) is 0 Å². The predicted molar refractivity (Wildman–Crippen MR) is 80.2 cm³/mol. The molecule has 3 unspecified atom stereocenters. The Balaban J connectivity index is 1.96. The molecule has 4 heteroatoms. The summed E-state index contributed by atoms with van der Waals surface area (Å²) in [5.74, 6) is 1.36. The molecule has 0 aromatic rings. The second-order valence-electron chi connectivity index (χ2n) is 6.97. The van der Waals surface area contributed by atoms with Gasteiger partial charge in [-0.2, -0.15) is 11.8 Å². The standard InChI is InChI=1S/C15H27NO2S/c1-14(2)10-5-7-15(14,3)12(9-10)16-13(18)11(17)6-8-19-4/h10-12,17H,5-9H2,1-4H3,(H,16,18)/t10?,11-,12?,15?/m0/s1. The van der Waals surface area contributed by atoms with Gasteiger partial charge < -0.3 is 10.4 Å². The Hall–Kier alpha value is -0.220. The molecule has 2 bridgehead atoms. The quantitative estimate of drug-likeness (QED) is 0.815. The van der Waals surface area contributed by atoms with Crippen LogP contribution in [0, 0.1) is 16.7 Å². The van der Waals surface area contributed by atoms with Crippen molar-refractivity contribution in [1.82, 2.24) is 5.32 Å². The SMILES string of the molecule is CSCC[C@H](O)C(=O)NC1CC2CCC1(C)C2(C)C. The Labute approximate surface area is 120 Å². The van der Waals surface area contributed by atoms with Gasteiger partial charge in [-0.05, 0) is 54.4 Å². The molecule has 0 radical (unpaired) electrons. The van der Waals surface area contributed by atoms with Gasteiger partial charge in [0.2, 0.25) is 5.91 Å². The largest absolute Gasteiger partial charge is 0.383 e. The third-order valence-corrected chi connectivity index (χ3v) is 6.65. The minimum absolute atomic E-state index is 0.177. The number of amides is 1. The molecule has 0 aromatic heterocycles. The van der Waals surface area contributed by atoms with E-state index in [0.717, 1.165) is 12.2 Å². The summed E-state index contributed by atoms with van der Waals surface area (Å²) in [4.78, 5) is 12.1. The van der Waals surface area contributed by atoms with Crippen molar-refractivity contribution in [2.24, 2.45) is 16.7 Å². The lowest BCUT2D eigenvalue weighted by Crippen LogP contribution is -2.49. The maximum Gasteiger partial charge on any atom is 0.249 e. The fourth-order valence-corrected chi connectivity index (χ4v) is 4.51. The van der Waals surface area contributed by atoms with E-state index >= 15 is 0 Å². The molecule has 2 aliphatic rings. The minimum atomic E-state index is -0.849. The maximum absolute atomic E-state index is 12.1. The van der Waals surface area contributed by atoms with Gasteiger partial charge in [0, 0.05) is 6.04 Å². The number of fused-ring (bicyclic) bond motifs is 2. The van der Waals surface area contributed by atoms with Crippen molar-refractivity contribution in [3.63, 3.8) is 0 Å². The zero-order valence-electron chi connectivity index (χ0n) is 12.5. The Kier molecular flexibility index (Phi) is 4.22. The monoisotopic (exact) mass is 285 g/mol. The Morgan fingerprint density at radius 2 is 2.16 bits per heavy atom. The summed E-state index contributed by atoms with van der Waals surface area (Å²) in [5.41, 5.74) is 0.488. The van der Waals surface area contributed by atoms with Crippen LogP contribution in [-0.2, 0) is 4.79 Å². The lowest BCUT2D eigenvalue weighted by Gasteiger charge is -2.39. The summed E-state index contributed by atoms with van der Waals surface area (Å²) in [6.07, 6.45) is 5.23. The van der Waals surface area contributed by atoms with E-state index in [9.17, 15) is 9.90 Å². The number of nitrogens with one attached hydrogen (secondary N) is 1. The summed E-state index contributed by atoms with van der Waals surface area (Å²) >= 11 is 1.66. The first kappa shape index (κ1) is 15.2. The van der Waals surface area contributed by atoms with Crippen LogP contribution in [0.5, 0.6) is 0 Å². The predicted octanol–water partition coefficient (Wildman–Crippen LogP) is 2.43. The van der Waals surface area contributed by atoms with Crippen LogP contribution in [0.4, 0.5) is 0 Å². The van der Waals surface area contributed by atoms with Gasteiger partial charge in [0.05, 0.1) is 0 Å². The molecule has 19 heavy (non-hydrogen) atoms. The van der Waals surface area contributed by atoms with Gasteiger partial charge in [-0.3, -0.25) is 4.79 Å². The van der Waals surface area contributed by atoms with Crippen molar-refractivity contribution < 1.29 is 9.90 Å². The average Bonchev–Trinajstić information content (AvgIpc) is 2.68. The van der Waals surface area contributed by atoms with Crippen molar-refractivity contribution in [3.05, 3.63) is 0 Å². The number of aliphatic hydroxyl groups is 1. The van der Waals surface area contributed by atoms with Gasteiger partial charge in [0.1, 0.15) is 6.10 Å². The highest BCUT2D eigenvalue weighted by atomic mass is 32.2. The minimum Gasteiger partial charge on any atom is -0.383 e. The van der Waals surface area contributed by atoms with E-state index in [-0.39, 0.29) is 17.4 Å². The average molecular weight is 285 g/mol. The zero-order chi connectivity index (χ0) is 14.3. The van der Waals surface area contributed by atoms with Crippen LogP contribution in [0.1, 0.15) is 46.5 Å². The topological polar surface area (TPSA) is 49.3 Å². The fourth-order valence-electron chi connectivity index (χ4n) is 4.05. The van der Waals surface area contributed by atoms with Crippen LogP contribution in [0.15, 0.2) is 0 Å².